The van der Waals surface area contributed by atoms with Gasteiger partial charge in [-0.2, -0.15) is 0 Å². The highest BCUT2D eigenvalue weighted by Gasteiger charge is 2.14. The van der Waals surface area contributed by atoms with Gasteiger partial charge in [-0.05, 0) is 37.3 Å². The largest absolute Gasteiger partial charge is 0.454 e. The second kappa shape index (κ2) is 4.70. The standard InChI is InChI=1S/C14H17NO2/c1-2-4-11(5-3-1)9-15-12-6-7-13-14(8-12)17-10-16-13/h1-2,6-8,11,15H,3-5,9-10H2. The van der Waals surface area contributed by atoms with Gasteiger partial charge in [-0.1, -0.05) is 12.2 Å². The van der Waals surface area contributed by atoms with Crippen LogP contribution in [0.15, 0.2) is 30.4 Å². The summed E-state index contributed by atoms with van der Waals surface area (Å²) < 4.78 is 10.6. The molecule has 0 saturated heterocycles. The van der Waals surface area contributed by atoms with Crippen LogP contribution in [0.5, 0.6) is 11.5 Å². The molecule has 2 aliphatic rings. The van der Waals surface area contributed by atoms with E-state index in [2.05, 4.69) is 17.5 Å². The zero-order chi connectivity index (χ0) is 11.5. The molecular weight excluding hydrogens is 214 g/mol. The Morgan fingerprint density at radius 1 is 1.18 bits per heavy atom. The Bertz CT molecular complexity index is 428. The third-order valence-electron chi connectivity index (χ3n) is 3.35. The summed E-state index contributed by atoms with van der Waals surface area (Å²) >= 11 is 0. The van der Waals surface area contributed by atoms with Crippen LogP contribution in [0.25, 0.3) is 0 Å². The van der Waals surface area contributed by atoms with Crippen LogP contribution in [0.3, 0.4) is 0 Å². The number of rotatable bonds is 3. The predicted molar refractivity (Wildman–Crippen MR) is 67.5 cm³/mol. The van der Waals surface area contributed by atoms with Crippen molar-refractivity contribution in [2.24, 2.45) is 5.92 Å². The minimum atomic E-state index is 0.339. The lowest BCUT2D eigenvalue weighted by Gasteiger charge is -2.18. The number of allylic oxidation sites excluding steroid dienone is 2. The van der Waals surface area contributed by atoms with Crippen molar-refractivity contribution in [1.29, 1.82) is 0 Å². The van der Waals surface area contributed by atoms with Crippen molar-refractivity contribution in [2.45, 2.75) is 19.3 Å². The first-order chi connectivity index (χ1) is 8.42. The van der Waals surface area contributed by atoms with Gasteiger partial charge in [0.1, 0.15) is 0 Å². The Morgan fingerprint density at radius 3 is 3.00 bits per heavy atom. The number of benzene rings is 1. The van der Waals surface area contributed by atoms with Crippen molar-refractivity contribution in [2.75, 3.05) is 18.7 Å². The summed E-state index contributed by atoms with van der Waals surface area (Å²) in [7, 11) is 0. The highest BCUT2D eigenvalue weighted by atomic mass is 16.7. The molecule has 1 N–H and O–H groups in total. The van der Waals surface area contributed by atoms with E-state index in [9.17, 15) is 0 Å². The summed E-state index contributed by atoms with van der Waals surface area (Å²) in [6.07, 6.45) is 8.26. The summed E-state index contributed by atoms with van der Waals surface area (Å²) in [4.78, 5) is 0. The average molecular weight is 231 g/mol. The van der Waals surface area contributed by atoms with Gasteiger partial charge in [0.05, 0.1) is 0 Å². The number of ether oxygens (including phenoxy) is 2. The van der Waals surface area contributed by atoms with Crippen LogP contribution in [-0.4, -0.2) is 13.3 Å². The molecule has 1 aliphatic carbocycles. The second-order valence-corrected chi connectivity index (χ2v) is 4.60. The fraction of sp³-hybridized carbons (Fsp3) is 0.429. The Labute approximate surface area is 101 Å². The van der Waals surface area contributed by atoms with Crippen molar-refractivity contribution in [3.8, 4) is 11.5 Å². The fourth-order valence-corrected chi connectivity index (χ4v) is 2.31. The molecule has 1 aromatic carbocycles. The van der Waals surface area contributed by atoms with Crippen LogP contribution < -0.4 is 14.8 Å². The molecule has 90 valence electrons. The Hall–Kier alpha value is -1.64. The first-order valence-electron chi connectivity index (χ1n) is 6.20. The molecule has 0 aromatic heterocycles. The van der Waals surface area contributed by atoms with Crippen LogP contribution in [-0.2, 0) is 0 Å². The molecule has 3 heteroatoms. The lowest BCUT2D eigenvalue weighted by Crippen LogP contribution is -2.15. The summed E-state index contributed by atoms with van der Waals surface area (Å²) in [5.41, 5.74) is 1.11. The second-order valence-electron chi connectivity index (χ2n) is 4.60. The number of anilines is 1. The summed E-state index contributed by atoms with van der Waals surface area (Å²) in [5.74, 6) is 2.44. The normalized spacial score (nSPS) is 21.5. The molecule has 0 fully saturated rings. The summed E-state index contributed by atoms with van der Waals surface area (Å²) in [6, 6.07) is 6.03. The zero-order valence-corrected chi connectivity index (χ0v) is 9.82. The third kappa shape index (κ3) is 2.38. The van der Waals surface area contributed by atoms with E-state index in [1.807, 2.05) is 18.2 Å². The number of hydrogen-bond acceptors (Lipinski definition) is 3. The van der Waals surface area contributed by atoms with E-state index in [0.29, 0.717) is 6.79 Å². The van der Waals surface area contributed by atoms with Gasteiger partial charge in [-0.15, -0.1) is 0 Å². The average Bonchev–Trinajstić information content (AvgIpc) is 2.85. The van der Waals surface area contributed by atoms with Gasteiger partial charge in [-0.3, -0.25) is 0 Å². The van der Waals surface area contributed by atoms with Crippen molar-refractivity contribution in [1.82, 2.24) is 0 Å². The van der Waals surface area contributed by atoms with Gasteiger partial charge < -0.3 is 14.8 Å². The molecule has 0 saturated carbocycles. The van der Waals surface area contributed by atoms with E-state index in [0.717, 1.165) is 29.6 Å². The third-order valence-corrected chi connectivity index (χ3v) is 3.35. The highest BCUT2D eigenvalue weighted by Crippen LogP contribution is 2.34. The predicted octanol–water partition coefficient (Wildman–Crippen LogP) is 3.18. The lowest BCUT2D eigenvalue weighted by molar-refractivity contribution is 0.174. The van der Waals surface area contributed by atoms with E-state index in [1.54, 1.807) is 0 Å². The number of fused-ring (bicyclic) bond motifs is 1. The maximum absolute atomic E-state index is 5.36. The van der Waals surface area contributed by atoms with Gasteiger partial charge in [0, 0.05) is 18.3 Å². The van der Waals surface area contributed by atoms with E-state index in [4.69, 9.17) is 9.47 Å². The van der Waals surface area contributed by atoms with Crippen molar-refractivity contribution < 1.29 is 9.47 Å². The molecule has 0 radical (unpaired) electrons. The molecule has 1 atom stereocenters. The van der Waals surface area contributed by atoms with Crippen LogP contribution in [0.4, 0.5) is 5.69 Å². The topological polar surface area (TPSA) is 30.5 Å². The molecule has 0 bridgehead atoms. The molecule has 0 amide bonds. The van der Waals surface area contributed by atoms with Crippen LogP contribution in [0, 0.1) is 5.92 Å². The molecule has 1 heterocycles. The van der Waals surface area contributed by atoms with Gasteiger partial charge in [-0.25, -0.2) is 0 Å². The zero-order valence-electron chi connectivity index (χ0n) is 9.82. The Balaban J connectivity index is 1.59. The SMILES string of the molecule is C1=CCC(CNc2ccc3c(c2)OCO3)CC1. The molecule has 1 unspecified atom stereocenters. The Morgan fingerprint density at radius 2 is 2.12 bits per heavy atom. The monoisotopic (exact) mass is 231 g/mol. The molecule has 3 rings (SSSR count). The quantitative estimate of drug-likeness (QED) is 0.810. The lowest BCUT2D eigenvalue weighted by atomic mass is 9.94. The molecule has 17 heavy (non-hydrogen) atoms. The summed E-state index contributed by atoms with van der Waals surface area (Å²) in [5, 5.41) is 3.47. The molecule has 0 spiro atoms. The van der Waals surface area contributed by atoms with Gasteiger partial charge >= 0.3 is 0 Å². The maximum Gasteiger partial charge on any atom is 0.231 e. The molecule has 1 aromatic rings. The minimum Gasteiger partial charge on any atom is -0.454 e. The minimum absolute atomic E-state index is 0.339. The maximum atomic E-state index is 5.36. The van der Waals surface area contributed by atoms with E-state index in [-0.39, 0.29) is 0 Å². The van der Waals surface area contributed by atoms with Crippen LogP contribution in [0.2, 0.25) is 0 Å². The van der Waals surface area contributed by atoms with Crippen LogP contribution >= 0.6 is 0 Å². The van der Waals surface area contributed by atoms with Crippen molar-refractivity contribution >= 4 is 5.69 Å². The first kappa shape index (κ1) is 10.5. The molecule has 3 nitrogen and oxygen atoms in total. The Kier molecular flexibility index (Phi) is 2.90. The van der Waals surface area contributed by atoms with E-state index in [1.165, 1.54) is 19.3 Å². The molecular formula is C14H17NO2. The smallest absolute Gasteiger partial charge is 0.231 e. The summed E-state index contributed by atoms with van der Waals surface area (Å²) in [6.45, 7) is 1.37. The van der Waals surface area contributed by atoms with E-state index < -0.39 is 0 Å². The van der Waals surface area contributed by atoms with Crippen molar-refractivity contribution in [3.63, 3.8) is 0 Å². The van der Waals surface area contributed by atoms with Crippen LogP contribution in [0.1, 0.15) is 19.3 Å². The van der Waals surface area contributed by atoms with Gasteiger partial charge in [0.15, 0.2) is 11.5 Å². The van der Waals surface area contributed by atoms with Gasteiger partial charge in [0.2, 0.25) is 6.79 Å². The molecule has 1 aliphatic heterocycles. The highest BCUT2D eigenvalue weighted by molar-refractivity contribution is 5.55. The first-order valence-corrected chi connectivity index (χ1v) is 6.20. The number of hydrogen-bond donors (Lipinski definition) is 1. The fourth-order valence-electron chi connectivity index (χ4n) is 2.31. The van der Waals surface area contributed by atoms with Gasteiger partial charge in [0.25, 0.3) is 0 Å². The van der Waals surface area contributed by atoms with Crippen molar-refractivity contribution in [3.05, 3.63) is 30.4 Å². The number of nitrogens with one attached hydrogen (secondary N) is 1. The van der Waals surface area contributed by atoms with E-state index >= 15 is 0 Å².